The zero-order chi connectivity index (χ0) is 17.2. The second kappa shape index (κ2) is 6.36. The highest BCUT2D eigenvalue weighted by molar-refractivity contribution is 8.00. The molecule has 2 aromatic carbocycles. The summed E-state index contributed by atoms with van der Waals surface area (Å²) in [6.45, 7) is 0. The van der Waals surface area contributed by atoms with E-state index in [4.69, 9.17) is 10.2 Å². The SMILES string of the molecule is NS(=O)(=O)c1cc(C(=O)O)cc([N+](=O)[O-])c1Sc1ccccc1. The highest BCUT2D eigenvalue weighted by Gasteiger charge is 2.27. The Labute approximate surface area is 135 Å². The van der Waals surface area contributed by atoms with Gasteiger partial charge in [0, 0.05) is 11.0 Å². The van der Waals surface area contributed by atoms with Gasteiger partial charge in [0.15, 0.2) is 0 Å². The fourth-order valence-corrected chi connectivity index (χ4v) is 3.82. The Morgan fingerprint density at radius 2 is 1.83 bits per heavy atom. The molecule has 0 aliphatic carbocycles. The Bertz CT molecular complexity index is 881. The Morgan fingerprint density at radius 1 is 1.22 bits per heavy atom. The second-order valence-corrected chi connectivity index (χ2v) is 6.96. The monoisotopic (exact) mass is 354 g/mol. The predicted molar refractivity (Wildman–Crippen MR) is 82.0 cm³/mol. The van der Waals surface area contributed by atoms with Gasteiger partial charge in [0.1, 0.15) is 9.79 Å². The summed E-state index contributed by atoms with van der Waals surface area (Å²) < 4.78 is 23.5. The fourth-order valence-electron chi connectivity index (χ4n) is 1.77. The average molecular weight is 354 g/mol. The minimum absolute atomic E-state index is 0.228. The molecule has 0 aliphatic heterocycles. The van der Waals surface area contributed by atoms with E-state index in [-0.39, 0.29) is 4.90 Å². The van der Waals surface area contributed by atoms with E-state index in [1.807, 2.05) is 0 Å². The molecule has 0 radical (unpaired) electrons. The summed E-state index contributed by atoms with van der Waals surface area (Å²) in [6.07, 6.45) is 0. The van der Waals surface area contributed by atoms with Crippen LogP contribution in [0.1, 0.15) is 10.4 Å². The number of carboxylic acids is 1. The standard InChI is InChI=1S/C13H10N2O6S2/c14-23(20,21)11-7-8(13(16)17)6-10(15(18)19)12(11)22-9-4-2-1-3-5-9/h1-7H,(H,16,17)(H2,14,20,21). The molecule has 0 amide bonds. The molecule has 0 bridgehead atoms. The van der Waals surface area contributed by atoms with Crippen LogP contribution in [0.2, 0.25) is 0 Å². The number of primary sulfonamides is 1. The smallest absolute Gasteiger partial charge is 0.335 e. The minimum atomic E-state index is -4.35. The van der Waals surface area contributed by atoms with Gasteiger partial charge in [-0.3, -0.25) is 10.1 Å². The van der Waals surface area contributed by atoms with Gasteiger partial charge >= 0.3 is 5.97 Å². The van der Waals surface area contributed by atoms with E-state index >= 15 is 0 Å². The van der Waals surface area contributed by atoms with Crippen LogP contribution in [0, 0.1) is 10.1 Å². The zero-order valence-corrected chi connectivity index (χ0v) is 13.0. The number of nitrogens with zero attached hydrogens (tertiary/aromatic N) is 1. The maximum Gasteiger partial charge on any atom is 0.335 e. The number of nitro benzene ring substituents is 1. The molecule has 0 aromatic heterocycles. The van der Waals surface area contributed by atoms with Gasteiger partial charge in [-0.2, -0.15) is 0 Å². The highest BCUT2D eigenvalue weighted by atomic mass is 32.2. The van der Waals surface area contributed by atoms with Crippen LogP contribution in [0.15, 0.2) is 57.2 Å². The lowest BCUT2D eigenvalue weighted by atomic mass is 10.2. The van der Waals surface area contributed by atoms with Gasteiger partial charge in [0.2, 0.25) is 10.0 Å². The number of hydrogen-bond acceptors (Lipinski definition) is 6. The van der Waals surface area contributed by atoms with Gasteiger partial charge in [0.05, 0.1) is 10.5 Å². The third-order valence-corrected chi connectivity index (χ3v) is 4.95. The van der Waals surface area contributed by atoms with Crippen molar-refractivity contribution in [2.45, 2.75) is 14.7 Å². The van der Waals surface area contributed by atoms with Crippen LogP contribution in [0.25, 0.3) is 0 Å². The molecule has 0 unspecified atom stereocenters. The summed E-state index contributed by atoms with van der Waals surface area (Å²) in [6, 6.07) is 9.97. The molecule has 0 heterocycles. The lowest BCUT2D eigenvalue weighted by Gasteiger charge is -2.09. The molecule has 3 N–H and O–H groups in total. The van der Waals surface area contributed by atoms with Crippen molar-refractivity contribution in [2.24, 2.45) is 5.14 Å². The summed E-state index contributed by atoms with van der Waals surface area (Å²) in [5.74, 6) is -1.49. The number of nitro groups is 1. The number of hydrogen-bond donors (Lipinski definition) is 2. The first-order chi connectivity index (χ1) is 10.7. The van der Waals surface area contributed by atoms with Crippen LogP contribution >= 0.6 is 11.8 Å². The van der Waals surface area contributed by atoms with E-state index in [2.05, 4.69) is 0 Å². The summed E-state index contributed by atoms with van der Waals surface area (Å²) in [5, 5.41) is 25.3. The number of sulfonamides is 1. The first-order valence-corrected chi connectivity index (χ1v) is 8.38. The van der Waals surface area contributed by atoms with Gasteiger partial charge in [-0.25, -0.2) is 18.4 Å². The number of rotatable bonds is 5. The van der Waals surface area contributed by atoms with Crippen molar-refractivity contribution < 1.29 is 23.2 Å². The average Bonchev–Trinajstić information content (AvgIpc) is 2.46. The van der Waals surface area contributed by atoms with Gasteiger partial charge in [-0.1, -0.05) is 30.0 Å². The topological polar surface area (TPSA) is 141 Å². The molecule has 10 heteroatoms. The number of carboxylic acid groups (broad SMARTS) is 1. The first kappa shape index (κ1) is 16.9. The van der Waals surface area contributed by atoms with Crippen LogP contribution in [0.3, 0.4) is 0 Å². The molecule has 0 spiro atoms. The molecule has 8 nitrogen and oxygen atoms in total. The number of carbonyl (C=O) groups is 1. The van der Waals surface area contributed by atoms with E-state index in [0.717, 1.165) is 23.9 Å². The minimum Gasteiger partial charge on any atom is -0.478 e. The van der Waals surface area contributed by atoms with Crippen LogP contribution in [-0.2, 0) is 10.0 Å². The normalized spacial score (nSPS) is 11.2. The van der Waals surface area contributed by atoms with Gasteiger partial charge in [-0.15, -0.1) is 0 Å². The van der Waals surface area contributed by atoms with E-state index in [0.29, 0.717) is 4.90 Å². The van der Waals surface area contributed by atoms with Gasteiger partial charge in [0.25, 0.3) is 5.69 Å². The third kappa shape index (κ3) is 3.86. The number of nitrogens with two attached hydrogens (primary N) is 1. The van der Waals surface area contributed by atoms with Crippen LogP contribution in [-0.4, -0.2) is 24.4 Å². The molecular weight excluding hydrogens is 344 g/mol. The zero-order valence-electron chi connectivity index (χ0n) is 11.4. The summed E-state index contributed by atoms with van der Waals surface area (Å²) in [5.41, 5.74) is -1.17. The molecule has 0 atom stereocenters. The van der Waals surface area contributed by atoms with E-state index in [1.54, 1.807) is 30.3 Å². The maximum absolute atomic E-state index is 11.7. The van der Waals surface area contributed by atoms with Crippen molar-refractivity contribution >= 4 is 33.4 Å². The van der Waals surface area contributed by atoms with Crippen LogP contribution in [0.4, 0.5) is 5.69 Å². The predicted octanol–water partition coefficient (Wildman–Crippen LogP) is 2.09. The fraction of sp³-hybridized carbons (Fsp3) is 0. The van der Waals surface area contributed by atoms with Crippen molar-refractivity contribution in [3.8, 4) is 0 Å². The molecule has 2 aromatic rings. The summed E-state index contributed by atoms with van der Waals surface area (Å²) in [4.78, 5) is 21.2. The van der Waals surface area contributed by atoms with Crippen molar-refractivity contribution in [3.63, 3.8) is 0 Å². The molecule has 120 valence electrons. The first-order valence-electron chi connectivity index (χ1n) is 6.01. The second-order valence-electron chi connectivity index (χ2n) is 4.35. The molecule has 0 aliphatic rings. The van der Waals surface area contributed by atoms with Crippen LogP contribution in [0.5, 0.6) is 0 Å². The Balaban J connectivity index is 2.76. The molecule has 23 heavy (non-hydrogen) atoms. The Morgan fingerprint density at radius 3 is 2.30 bits per heavy atom. The van der Waals surface area contributed by atoms with Gasteiger partial charge in [-0.05, 0) is 18.2 Å². The maximum atomic E-state index is 11.7. The Hall–Kier alpha value is -2.43. The molecule has 0 saturated heterocycles. The number of aromatic carboxylic acids is 1. The van der Waals surface area contributed by atoms with Gasteiger partial charge < -0.3 is 5.11 Å². The molecule has 2 rings (SSSR count). The molecule has 0 saturated carbocycles. The van der Waals surface area contributed by atoms with E-state index in [9.17, 15) is 23.3 Å². The third-order valence-electron chi connectivity index (χ3n) is 2.75. The summed E-state index contributed by atoms with van der Waals surface area (Å²) in [7, 11) is -4.35. The quantitative estimate of drug-likeness (QED) is 0.618. The van der Waals surface area contributed by atoms with Crippen LogP contribution < -0.4 is 5.14 Å². The van der Waals surface area contributed by atoms with Crippen molar-refractivity contribution in [1.29, 1.82) is 0 Å². The van der Waals surface area contributed by atoms with Crippen molar-refractivity contribution in [1.82, 2.24) is 0 Å². The van der Waals surface area contributed by atoms with Crippen molar-refractivity contribution in [3.05, 3.63) is 58.1 Å². The van der Waals surface area contributed by atoms with E-state index < -0.39 is 37.1 Å². The lowest BCUT2D eigenvalue weighted by molar-refractivity contribution is -0.388. The van der Waals surface area contributed by atoms with E-state index in [1.165, 1.54) is 0 Å². The molecular formula is C13H10N2O6S2. The Kier molecular flexibility index (Phi) is 4.68. The lowest BCUT2D eigenvalue weighted by Crippen LogP contribution is -2.15. The van der Waals surface area contributed by atoms with Crippen molar-refractivity contribution in [2.75, 3.05) is 0 Å². The largest absolute Gasteiger partial charge is 0.478 e. The summed E-state index contributed by atoms with van der Waals surface area (Å²) >= 11 is 0.823. The highest BCUT2D eigenvalue weighted by Crippen LogP contribution is 2.40. The molecule has 0 fully saturated rings. The number of benzene rings is 2.